The Morgan fingerprint density at radius 1 is 1.14 bits per heavy atom. The molecule has 0 aliphatic carbocycles. The molecule has 0 fully saturated rings. The number of rotatable bonds is 5. The number of hydrogen-bond acceptors (Lipinski definition) is 5. The third-order valence-corrected chi connectivity index (χ3v) is 5.10. The van der Waals surface area contributed by atoms with Crippen LogP contribution in [0.3, 0.4) is 0 Å². The summed E-state index contributed by atoms with van der Waals surface area (Å²) < 4.78 is 3.01. The van der Waals surface area contributed by atoms with Crippen LogP contribution in [0, 0.1) is 6.92 Å². The molecule has 3 aromatic heterocycles. The van der Waals surface area contributed by atoms with Crippen LogP contribution >= 0.6 is 0 Å². The minimum atomic E-state index is -0.374. The highest BCUT2D eigenvalue weighted by molar-refractivity contribution is 5.80. The number of amides is 1. The predicted octanol–water partition coefficient (Wildman–Crippen LogP) is 2.19. The summed E-state index contributed by atoms with van der Waals surface area (Å²) in [4.78, 5) is 30.0. The lowest BCUT2D eigenvalue weighted by molar-refractivity contribution is -0.122. The highest BCUT2D eigenvalue weighted by Crippen LogP contribution is 2.15. The van der Waals surface area contributed by atoms with E-state index >= 15 is 0 Å². The summed E-state index contributed by atoms with van der Waals surface area (Å²) in [6.07, 6.45) is 2.60. The standard InChI is InChI=1S/C21H22N6O2/c1-4-15-7-9-16(10-8-15)13(2)23-18(28)12-26-17-6-5-11-22-19(17)27-14(3)24-25-20(27)21(26)29/h5-11,13H,4,12H2,1-3H3,(H,23,28)/t13-/m0/s1. The second-order valence-electron chi connectivity index (χ2n) is 7.03. The van der Waals surface area contributed by atoms with Crippen molar-refractivity contribution in [3.05, 3.63) is 69.9 Å². The molecule has 1 N–H and O–H groups in total. The average Bonchev–Trinajstić information content (AvgIpc) is 3.13. The smallest absolute Gasteiger partial charge is 0.297 e. The largest absolute Gasteiger partial charge is 0.348 e. The first kappa shape index (κ1) is 18.8. The Kier molecular flexibility index (Phi) is 4.84. The van der Waals surface area contributed by atoms with Crippen LogP contribution in [0.5, 0.6) is 0 Å². The topological polar surface area (TPSA) is 94.2 Å². The Balaban J connectivity index is 1.65. The minimum absolute atomic E-state index is 0.124. The molecule has 0 radical (unpaired) electrons. The third-order valence-electron chi connectivity index (χ3n) is 5.10. The van der Waals surface area contributed by atoms with Crippen LogP contribution in [0.1, 0.15) is 36.8 Å². The van der Waals surface area contributed by atoms with E-state index in [4.69, 9.17) is 0 Å². The molecule has 0 bridgehead atoms. The van der Waals surface area contributed by atoms with E-state index in [1.807, 2.05) is 19.1 Å². The van der Waals surface area contributed by atoms with Gasteiger partial charge in [0.05, 0.1) is 11.6 Å². The molecule has 0 saturated carbocycles. The Hall–Kier alpha value is -3.55. The summed E-state index contributed by atoms with van der Waals surface area (Å²) in [6, 6.07) is 11.5. The third kappa shape index (κ3) is 3.37. The predicted molar refractivity (Wildman–Crippen MR) is 110 cm³/mol. The van der Waals surface area contributed by atoms with Crippen LogP contribution in [0.2, 0.25) is 0 Å². The molecule has 0 unspecified atom stereocenters. The van der Waals surface area contributed by atoms with Gasteiger partial charge in [0.25, 0.3) is 5.56 Å². The lowest BCUT2D eigenvalue weighted by atomic mass is 10.1. The first-order chi connectivity index (χ1) is 14.0. The molecule has 0 saturated heterocycles. The van der Waals surface area contributed by atoms with Gasteiger partial charge in [-0.05, 0) is 43.5 Å². The number of nitrogens with zero attached hydrogens (tertiary/aromatic N) is 5. The molecule has 0 aliphatic heterocycles. The van der Waals surface area contributed by atoms with Gasteiger partial charge in [-0.25, -0.2) is 4.98 Å². The fourth-order valence-corrected chi connectivity index (χ4v) is 3.47. The molecule has 148 valence electrons. The lowest BCUT2D eigenvalue weighted by Gasteiger charge is -2.16. The van der Waals surface area contributed by atoms with E-state index in [9.17, 15) is 9.59 Å². The molecule has 4 aromatic rings. The van der Waals surface area contributed by atoms with E-state index in [-0.39, 0.29) is 29.7 Å². The van der Waals surface area contributed by atoms with Crippen LogP contribution in [0.4, 0.5) is 0 Å². The summed E-state index contributed by atoms with van der Waals surface area (Å²) in [7, 11) is 0. The van der Waals surface area contributed by atoms with Gasteiger partial charge in [-0.15, -0.1) is 10.2 Å². The Morgan fingerprint density at radius 3 is 2.62 bits per heavy atom. The van der Waals surface area contributed by atoms with Crippen molar-refractivity contribution < 1.29 is 4.79 Å². The quantitative estimate of drug-likeness (QED) is 0.564. The van der Waals surface area contributed by atoms with Gasteiger partial charge < -0.3 is 5.32 Å². The highest BCUT2D eigenvalue weighted by Gasteiger charge is 2.18. The number of carbonyl (C=O) groups is 1. The van der Waals surface area contributed by atoms with Gasteiger partial charge in [-0.1, -0.05) is 31.2 Å². The summed E-state index contributed by atoms with van der Waals surface area (Å²) in [5.74, 6) is 0.312. The average molecular weight is 390 g/mol. The molecule has 8 heteroatoms. The van der Waals surface area contributed by atoms with Crippen LogP contribution in [0.15, 0.2) is 47.4 Å². The van der Waals surface area contributed by atoms with Crippen molar-refractivity contribution in [3.63, 3.8) is 0 Å². The van der Waals surface area contributed by atoms with Crippen molar-refractivity contribution in [1.29, 1.82) is 0 Å². The Bertz CT molecular complexity index is 1260. The molecule has 0 spiro atoms. The minimum Gasteiger partial charge on any atom is -0.348 e. The van der Waals surface area contributed by atoms with Crippen LogP contribution in [0.25, 0.3) is 16.8 Å². The van der Waals surface area contributed by atoms with Crippen LogP contribution < -0.4 is 10.9 Å². The molecule has 1 atom stereocenters. The van der Waals surface area contributed by atoms with E-state index in [1.54, 1.807) is 29.7 Å². The molecular weight excluding hydrogens is 368 g/mol. The van der Waals surface area contributed by atoms with Crippen molar-refractivity contribution in [2.45, 2.75) is 39.8 Å². The van der Waals surface area contributed by atoms with E-state index in [2.05, 4.69) is 39.6 Å². The molecule has 1 aromatic carbocycles. The Labute approximate surface area is 167 Å². The van der Waals surface area contributed by atoms with Crippen LogP contribution in [-0.4, -0.2) is 30.1 Å². The van der Waals surface area contributed by atoms with Crippen molar-refractivity contribution in [3.8, 4) is 0 Å². The monoisotopic (exact) mass is 390 g/mol. The van der Waals surface area contributed by atoms with Gasteiger partial charge in [0.15, 0.2) is 5.65 Å². The molecule has 0 aliphatic rings. The number of aromatic nitrogens is 5. The SMILES string of the molecule is CCc1ccc([C@H](C)NC(=O)Cn2c(=O)c3nnc(C)n3c3ncccc32)cc1. The second-order valence-corrected chi connectivity index (χ2v) is 7.03. The molecule has 3 heterocycles. The van der Waals surface area contributed by atoms with Gasteiger partial charge >= 0.3 is 0 Å². The fourth-order valence-electron chi connectivity index (χ4n) is 3.47. The molecule has 4 rings (SSSR count). The van der Waals surface area contributed by atoms with E-state index in [0.717, 1.165) is 12.0 Å². The zero-order chi connectivity index (χ0) is 20.5. The number of hydrogen-bond donors (Lipinski definition) is 1. The van der Waals surface area contributed by atoms with Crippen molar-refractivity contribution in [2.24, 2.45) is 0 Å². The normalized spacial score (nSPS) is 12.4. The first-order valence-corrected chi connectivity index (χ1v) is 9.57. The molecule has 8 nitrogen and oxygen atoms in total. The van der Waals surface area contributed by atoms with Gasteiger partial charge in [0, 0.05) is 6.20 Å². The van der Waals surface area contributed by atoms with Gasteiger partial charge in [0.1, 0.15) is 12.4 Å². The number of aryl methyl sites for hydroxylation is 2. The zero-order valence-corrected chi connectivity index (χ0v) is 16.6. The van der Waals surface area contributed by atoms with E-state index < -0.39 is 0 Å². The Morgan fingerprint density at radius 2 is 1.90 bits per heavy atom. The fraction of sp³-hybridized carbons (Fsp3) is 0.286. The number of benzene rings is 1. The molecule has 1 amide bonds. The van der Waals surface area contributed by atoms with Gasteiger partial charge in [-0.2, -0.15) is 0 Å². The van der Waals surface area contributed by atoms with E-state index in [1.165, 1.54) is 10.1 Å². The van der Waals surface area contributed by atoms with E-state index in [0.29, 0.717) is 17.0 Å². The number of pyridine rings is 1. The maximum atomic E-state index is 12.9. The number of carbonyl (C=O) groups excluding carboxylic acids is 1. The second kappa shape index (κ2) is 7.46. The van der Waals surface area contributed by atoms with Gasteiger partial charge in [0.2, 0.25) is 11.6 Å². The first-order valence-electron chi connectivity index (χ1n) is 9.57. The molecular formula is C21H22N6O2. The summed E-state index contributed by atoms with van der Waals surface area (Å²) >= 11 is 0. The maximum Gasteiger partial charge on any atom is 0.297 e. The number of fused-ring (bicyclic) bond motifs is 3. The zero-order valence-electron chi connectivity index (χ0n) is 16.6. The van der Waals surface area contributed by atoms with Gasteiger partial charge in [-0.3, -0.25) is 18.6 Å². The molecule has 29 heavy (non-hydrogen) atoms. The number of nitrogens with one attached hydrogen (secondary N) is 1. The summed E-state index contributed by atoms with van der Waals surface area (Å²) in [6.45, 7) is 5.66. The maximum absolute atomic E-state index is 12.9. The van der Waals surface area contributed by atoms with Crippen molar-refractivity contribution in [1.82, 2.24) is 29.5 Å². The summed E-state index contributed by atoms with van der Waals surface area (Å²) in [5, 5.41) is 10.9. The van der Waals surface area contributed by atoms with Crippen molar-refractivity contribution in [2.75, 3.05) is 0 Å². The lowest BCUT2D eigenvalue weighted by Crippen LogP contribution is -2.34. The highest BCUT2D eigenvalue weighted by atomic mass is 16.2. The summed E-state index contributed by atoms with van der Waals surface area (Å²) in [5.41, 5.74) is 3.14. The van der Waals surface area contributed by atoms with Crippen molar-refractivity contribution >= 4 is 22.7 Å². The van der Waals surface area contributed by atoms with Crippen LogP contribution in [-0.2, 0) is 17.8 Å².